The molecular formula is C14H22N4S2. The zero-order valence-electron chi connectivity index (χ0n) is 12.7. The van der Waals surface area contributed by atoms with Gasteiger partial charge in [0, 0.05) is 23.8 Å². The highest BCUT2D eigenvalue weighted by molar-refractivity contribution is 7.16. The van der Waals surface area contributed by atoms with Crippen LogP contribution in [0.4, 0.5) is 5.13 Å². The van der Waals surface area contributed by atoms with Gasteiger partial charge in [0.25, 0.3) is 0 Å². The zero-order chi connectivity index (χ0) is 14.9. The molecule has 2 aromatic rings. The summed E-state index contributed by atoms with van der Waals surface area (Å²) in [6, 6.07) is 0. The molecule has 0 amide bonds. The maximum Gasteiger partial charge on any atom is 0.180 e. The average molecular weight is 310 g/mol. The molecule has 0 radical (unpaired) electrons. The molecule has 0 aliphatic carbocycles. The Morgan fingerprint density at radius 1 is 1.25 bits per heavy atom. The Bertz CT molecular complexity index is 578. The number of rotatable bonds is 4. The molecule has 2 heterocycles. The summed E-state index contributed by atoms with van der Waals surface area (Å²) in [6.07, 6.45) is 0.973. The third-order valence-electron chi connectivity index (χ3n) is 2.91. The predicted molar refractivity (Wildman–Crippen MR) is 88.6 cm³/mol. The molecule has 0 spiro atoms. The van der Waals surface area contributed by atoms with Crippen LogP contribution in [0.15, 0.2) is 5.38 Å². The van der Waals surface area contributed by atoms with E-state index in [2.05, 4.69) is 44.8 Å². The summed E-state index contributed by atoms with van der Waals surface area (Å²) < 4.78 is 0. The maximum absolute atomic E-state index is 5.77. The van der Waals surface area contributed by atoms with Crippen LogP contribution in [0.25, 0.3) is 10.6 Å². The number of thiazole rings is 2. The van der Waals surface area contributed by atoms with E-state index in [1.165, 1.54) is 21.2 Å². The van der Waals surface area contributed by atoms with Crippen LogP contribution in [0.3, 0.4) is 0 Å². The van der Waals surface area contributed by atoms with Crippen LogP contribution >= 0.6 is 22.7 Å². The van der Waals surface area contributed by atoms with Crippen molar-refractivity contribution in [1.29, 1.82) is 0 Å². The lowest BCUT2D eigenvalue weighted by Crippen LogP contribution is -2.16. The Morgan fingerprint density at radius 3 is 2.45 bits per heavy atom. The Labute approximate surface area is 128 Å². The summed E-state index contributed by atoms with van der Waals surface area (Å²) in [6.45, 7) is 7.58. The van der Waals surface area contributed by atoms with Gasteiger partial charge in [-0.15, -0.1) is 22.7 Å². The largest absolute Gasteiger partial charge is 0.375 e. The molecule has 0 unspecified atom stereocenters. The molecular weight excluding hydrogens is 288 g/mol. The highest BCUT2D eigenvalue weighted by Gasteiger charge is 2.25. The summed E-state index contributed by atoms with van der Waals surface area (Å²) >= 11 is 3.23. The highest BCUT2D eigenvalue weighted by Crippen LogP contribution is 2.38. The fourth-order valence-electron chi connectivity index (χ4n) is 1.86. The number of aromatic nitrogens is 2. The quantitative estimate of drug-likeness (QED) is 0.942. The lowest BCUT2D eigenvalue weighted by molar-refractivity contribution is 0.413. The van der Waals surface area contributed by atoms with Gasteiger partial charge in [0.05, 0.1) is 21.3 Å². The number of nitrogens with zero attached hydrogens (tertiary/aromatic N) is 3. The third kappa shape index (κ3) is 3.56. The van der Waals surface area contributed by atoms with E-state index in [-0.39, 0.29) is 5.41 Å². The molecule has 0 aliphatic rings. The molecule has 110 valence electrons. The van der Waals surface area contributed by atoms with E-state index in [1.54, 1.807) is 11.3 Å². The van der Waals surface area contributed by atoms with Crippen LogP contribution in [0, 0.1) is 0 Å². The first-order chi connectivity index (χ1) is 9.27. The Morgan fingerprint density at radius 2 is 1.95 bits per heavy atom. The average Bonchev–Trinajstić information content (AvgIpc) is 2.91. The SMILES string of the molecule is CN(C)CCc1nc(C(C)(C)C)c(-c2csc(N)n2)s1. The second-order valence-electron chi connectivity index (χ2n) is 6.16. The molecule has 0 atom stereocenters. The third-order valence-corrected chi connectivity index (χ3v) is 4.72. The standard InChI is InChI=1S/C14H22N4S2/c1-14(2,3)12-11(9-8-19-13(15)16-9)20-10(17-12)6-7-18(4)5/h8H,6-7H2,1-5H3,(H2,15,16). The fourth-order valence-corrected chi connectivity index (χ4v) is 3.72. The van der Waals surface area contributed by atoms with Crippen molar-refractivity contribution in [2.24, 2.45) is 0 Å². The predicted octanol–water partition coefficient (Wildman–Crippen LogP) is 3.25. The number of anilines is 1. The minimum atomic E-state index is 0.0145. The first-order valence-corrected chi connectivity index (χ1v) is 8.33. The van der Waals surface area contributed by atoms with Gasteiger partial charge in [0.15, 0.2) is 5.13 Å². The van der Waals surface area contributed by atoms with E-state index in [4.69, 9.17) is 10.7 Å². The van der Waals surface area contributed by atoms with E-state index in [0.717, 1.165) is 24.4 Å². The molecule has 0 saturated heterocycles. The van der Waals surface area contributed by atoms with Crippen molar-refractivity contribution in [1.82, 2.24) is 14.9 Å². The van der Waals surface area contributed by atoms with Crippen LogP contribution in [0.5, 0.6) is 0 Å². The van der Waals surface area contributed by atoms with Crippen molar-refractivity contribution < 1.29 is 0 Å². The van der Waals surface area contributed by atoms with Crippen molar-refractivity contribution in [3.8, 4) is 10.6 Å². The van der Waals surface area contributed by atoms with Crippen LogP contribution < -0.4 is 5.73 Å². The van der Waals surface area contributed by atoms with Gasteiger partial charge in [-0.2, -0.15) is 0 Å². The Hall–Kier alpha value is -0.980. The van der Waals surface area contributed by atoms with E-state index < -0.39 is 0 Å². The molecule has 6 heteroatoms. The molecule has 4 nitrogen and oxygen atoms in total. The monoisotopic (exact) mass is 310 g/mol. The van der Waals surface area contributed by atoms with Gasteiger partial charge in [-0.3, -0.25) is 0 Å². The molecule has 2 rings (SSSR count). The molecule has 0 bridgehead atoms. The van der Waals surface area contributed by atoms with Crippen LogP contribution in [0.2, 0.25) is 0 Å². The summed E-state index contributed by atoms with van der Waals surface area (Å²) in [5.41, 5.74) is 7.87. The van der Waals surface area contributed by atoms with Gasteiger partial charge < -0.3 is 10.6 Å². The Balaban J connectivity index is 2.38. The number of nitrogen functional groups attached to an aromatic ring is 1. The molecule has 0 saturated carbocycles. The molecule has 0 aromatic carbocycles. The van der Waals surface area contributed by atoms with Gasteiger partial charge in [0.1, 0.15) is 0 Å². The van der Waals surface area contributed by atoms with E-state index in [1.807, 2.05) is 5.38 Å². The number of nitrogens with two attached hydrogens (primary N) is 1. The highest BCUT2D eigenvalue weighted by atomic mass is 32.1. The van der Waals surface area contributed by atoms with Crippen molar-refractivity contribution in [2.45, 2.75) is 32.6 Å². The maximum atomic E-state index is 5.77. The normalized spacial score (nSPS) is 12.3. The number of likely N-dealkylation sites (N-methyl/N-ethyl adjacent to an activating group) is 1. The molecule has 20 heavy (non-hydrogen) atoms. The van der Waals surface area contributed by atoms with Gasteiger partial charge in [-0.05, 0) is 14.1 Å². The smallest absolute Gasteiger partial charge is 0.180 e. The lowest BCUT2D eigenvalue weighted by Gasteiger charge is -2.16. The van der Waals surface area contributed by atoms with Crippen molar-refractivity contribution >= 4 is 27.8 Å². The molecule has 0 fully saturated rings. The summed E-state index contributed by atoms with van der Waals surface area (Å²) in [5.74, 6) is 0. The van der Waals surface area contributed by atoms with Gasteiger partial charge in [0.2, 0.25) is 0 Å². The van der Waals surface area contributed by atoms with Crippen LogP contribution in [-0.4, -0.2) is 35.5 Å². The van der Waals surface area contributed by atoms with Crippen molar-refractivity contribution in [3.05, 3.63) is 16.1 Å². The van der Waals surface area contributed by atoms with Crippen molar-refractivity contribution in [3.63, 3.8) is 0 Å². The molecule has 0 aliphatic heterocycles. The van der Waals surface area contributed by atoms with Crippen molar-refractivity contribution in [2.75, 3.05) is 26.4 Å². The zero-order valence-corrected chi connectivity index (χ0v) is 14.4. The minimum Gasteiger partial charge on any atom is -0.375 e. The first kappa shape index (κ1) is 15.4. The topological polar surface area (TPSA) is 55.0 Å². The van der Waals surface area contributed by atoms with Gasteiger partial charge in [-0.25, -0.2) is 9.97 Å². The molecule has 2 N–H and O–H groups in total. The molecule has 2 aromatic heterocycles. The van der Waals surface area contributed by atoms with E-state index >= 15 is 0 Å². The van der Waals surface area contributed by atoms with Crippen LogP contribution in [0.1, 0.15) is 31.5 Å². The number of hydrogen-bond donors (Lipinski definition) is 1. The lowest BCUT2D eigenvalue weighted by atomic mass is 9.91. The number of hydrogen-bond acceptors (Lipinski definition) is 6. The fraction of sp³-hybridized carbons (Fsp3) is 0.571. The second kappa shape index (κ2) is 5.79. The first-order valence-electron chi connectivity index (χ1n) is 6.63. The van der Waals surface area contributed by atoms with Gasteiger partial charge >= 0.3 is 0 Å². The summed E-state index contributed by atoms with van der Waals surface area (Å²) in [4.78, 5) is 12.6. The van der Waals surface area contributed by atoms with Crippen LogP contribution in [-0.2, 0) is 11.8 Å². The van der Waals surface area contributed by atoms with E-state index in [9.17, 15) is 0 Å². The second-order valence-corrected chi connectivity index (χ2v) is 8.13. The minimum absolute atomic E-state index is 0.0145. The van der Waals surface area contributed by atoms with E-state index in [0.29, 0.717) is 5.13 Å². The summed E-state index contributed by atoms with van der Waals surface area (Å²) in [7, 11) is 4.17. The Kier molecular flexibility index (Phi) is 4.46. The summed E-state index contributed by atoms with van der Waals surface area (Å²) in [5, 5.41) is 3.81. The van der Waals surface area contributed by atoms with Gasteiger partial charge in [-0.1, -0.05) is 20.8 Å².